The molecule has 0 aliphatic carbocycles. The molecule has 5 rings (SSSR count). The largest absolute Gasteiger partial charge is 0.461 e. The van der Waals surface area contributed by atoms with Gasteiger partial charge in [-0.25, -0.2) is 17.2 Å². The fraction of sp³-hybridized carbons (Fsp3) is 0.0909. The second-order valence-electron chi connectivity index (χ2n) is 9.59. The molecule has 0 radical (unpaired) electrons. The number of rotatable bonds is 8. The Hall–Kier alpha value is -4.37. The van der Waals surface area contributed by atoms with Crippen LogP contribution in [0, 0.1) is 6.92 Å². The molecular formula is C33H26Cl2N2O5S. The van der Waals surface area contributed by atoms with Gasteiger partial charge in [-0.3, -0.25) is 4.79 Å². The van der Waals surface area contributed by atoms with E-state index in [1.807, 2.05) is 13.0 Å². The molecule has 0 fully saturated rings. The quantitative estimate of drug-likeness (QED) is 0.139. The molecule has 1 amide bonds. The van der Waals surface area contributed by atoms with E-state index >= 15 is 0 Å². The predicted molar refractivity (Wildman–Crippen MR) is 171 cm³/mol. The topological polar surface area (TPSA) is 94.5 Å². The first-order chi connectivity index (χ1) is 20.6. The summed E-state index contributed by atoms with van der Waals surface area (Å²) in [6.07, 6.45) is 1.46. The number of halogens is 2. The van der Waals surface area contributed by atoms with E-state index in [1.165, 1.54) is 30.3 Å². The van der Waals surface area contributed by atoms with Crippen molar-refractivity contribution >= 4 is 73.3 Å². The van der Waals surface area contributed by atoms with Gasteiger partial charge in [0, 0.05) is 27.2 Å². The first-order valence-corrected chi connectivity index (χ1v) is 15.5. The van der Waals surface area contributed by atoms with Crippen LogP contribution in [0.1, 0.15) is 34.1 Å². The van der Waals surface area contributed by atoms with E-state index in [9.17, 15) is 18.0 Å². The number of nitrogens with zero attached hydrogens (tertiary/aromatic N) is 1. The molecule has 0 bridgehead atoms. The number of carbonyl (C=O) groups is 2. The summed E-state index contributed by atoms with van der Waals surface area (Å²) in [4.78, 5) is 27.4. The number of esters is 1. The maximum absolute atomic E-state index is 14.2. The van der Waals surface area contributed by atoms with Gasteiger partial charge in [-0.05, 0) is 61.9 Å². The summed E-state index contributed by atoms with van der Waals surface area (Å²) in [6, 6.07) is 26.8. The molecule has 4 aromatic carbocycles. The maximum Gasteiger partial charge on any atom is 0.356 e. The summed E-state index contributed by atoms with van der Waals surface area (Å²) in [5.41, 5.74) is 1.92. The van der Waals surface area contributed by atoms with Crippen molar-refractivity contribution in [2.24, 2.45) is 0 Å². The van der Waals surface area contributed by atoms with E-state index in [4.69, 9.17) is 27.9 Å². The third-order valence-corrected chi connectivity index (χ3v) is 8.90. The third kappa shape index (κ3) is 6.08. The molecule has 0 aliphatic heterocycles. The number of aryl methyl sites for hydroxylation is 1. The van der Waals surface area contributed by atoms with Gasteiger partial charge in [-0.1, -0.05) is 89.4 Å². The van der Waals surface area contributed by atoms with Gasteiger partial charge in [0.1, 0.15) is 0 Å². The number of amides is 1. The smallest absolute Gasteiger partial charge is 0.356 e. The average Bonchev–Trinajstić information content (AvgIpc) is 3.32. The Balaban J connectivity index is 1.87. The van der Waals surface area contributed by atoms with E-state index in [-0.39, 0.29) is 49.3 Å². The summed E-state index contributed by atoms with van der Waals surface area (Å²) in [5, 5.41) is 3.34. The van der Waals surface area contributed by atoms with Gasteiger partial charge in [-0.15, -0.1) is 0 Å². The minimum atomic E-state index is -4.39. The molecule has 0 spiro atoms. The summed E-state index contributed by atoms with van der Waals surface area (Å²) in [5.74, 6) is -1.40. The van der Waals surface area contributed by atoms with Crippen molar-refractivity contribution in [2.75, 3.05) is 11.9 Å². The highest BCUT2D eigenvalue weighted by Crippen LogP contribution is 2.39. The lowest BCUT2D eigenvalue weighted by molar-refractivity contribution is -0.111. The van der Waals surface area contributed by atoms with Crippen LogP contribution in [-0.4, -0.2) is 30.9 Å². The molecule has 0 saturated heterocycles. The number of anilines is 1. The third-order valence-electron chi connectivity index (χ3n) is 6.66. The standard InChI is InChI=1S/C33H26Cl2N2O5S/c1-3-42-33(39)31-27(20-26(22-10-6-4-7-11-22)32(38)36-24-12-8-5-9-13-24)30-28(35)18-23(34)19-29(30)37(31)43(40,41)25-16-14-21(2)15-17-25/h4-20H,3H2,1-2H3,(H,36,38)/b26-20+. The van der Waals surface area contributed by atoms with Crippen LogP contribution in [0.2, 0.25) is 10.0 Å². The molecule has 43 heavy (non-hydrogen) atoms. The molecule has 1 N–H and O–H groups in total. The van der Waals surface area contributed by atoms with Crippen LogP contribution < -0.4 is 5.32 Å². The van der Waals surface area contributed by atoms with Gasteiger partial charge in [0.15, 0.2) is 5.69 Å². The molecule has 7 nitrogen and oxygen atoms in total. The molecule has 0 atom stereocenters. The fourth-order valence-corrected chi connectivity index (χ4v) is 6.79. The second kappa shape index (κ2) is 12.5. The van der Waals surface area contributed by atoms with Gasteiger partial charge in [0.25, 0.3) is 15.9 Å². The maximum atomic E-state index is 14.2. The number of hydrogen-bond acceptors (Lipinski definition) is 5. The zero-order valence-corrected chi connectivity index (χ0v) is 25.5. The lowest BCUT2D eigenvalue weighted by Crippen LogP contribution is -2.21. The second-order valence-corrected chi connectivity index (χ2v) is 12.2. The van der Waals surface area contributed by atoms with Crippen molar-refractivity contribution in [1.29, 1.82) is 0 Å². The number of nitrogens with one attached hydrogen (secondary N) is 1. The molecule has 1 heterocycles. The first-order valence-electron chi connectivity index (χ1n) is 13.3. The number of benzene rings is 4. The molecule has 218 valence electrons. The number of para-hydroxylation sites is 1. The number of ether oxygens (including phenoxy) is 1. The SMILES string of the molecule is CCOC(=O)c1c(/C=C(/C(=O)Nc2ccccc2)c2ccccc2)c2c(Cl)cc(Cl)cc2n1S(=O)(=O)c1ccc(C)cc1. The van der Waals surface area contributed by atoms with Crippen LogP contribution >= 0.6 is 23.2 Å². The molecule has 0 saturated carbocycles. The van der Waals surface area contributed by atoms with Crippen molar-refractivity contribution in [1.82, 2.24) is 3.97 Å². The van der Waals surface area contributed by atoms with Gasteiger partial charge in [-0.2, -0.15) is 0 Å². The lowest BCUT2D eigenvalue weighted by Gasteiger charge is -2.13. The molecule has 10 heteroatoms. The van der Waals surface area contributed by atoms with E-state index < -0.39 is 21.9 Å². The minimum Gasteiger partial charge on any atom is -0.461 e. The average molecular weight is 634 g/mol. The first kappa shape index (κ1) is 30.1. The van der Waals surface area contributed by atoms with Gasteiger partial charge in [0.2, 0.25) is 0 Å². The summed E-state index contributed by atoms with van der Waals surface area (Å²) in [6.45, 7) is 3.42. The van der Waals surface area contributed by atoms with Crippen molar-refractivity contribution in [3.05, 3.63) is 129 Å². The monoisotopic (exact) mass is 632 g/mol. The number of carbonyl (C=O) groups excluding carboxylic acids is 2. The van der Waals surface area contributed by atoms with Gasteiger partial charge in [0.05, 0.1) is 22.0 Å². The van der Waals surface area contributed by atoms with Crippen molar-refractivity contribution in [2.45, 2.75) is 18.7 Å². The van der Waals surface area contributed by atoms with Crippen LogP contribution in [0.15, 0.2) is 102 Å². The zero-order chi connectivity index (χ0) is 30.7. The summed E-state index contributed by atoms with van der Waals surface area (Å²) in [7, 11) is -4.39. The van der Waals surface area contributed by atoms with Crippen LogP contribution in [-0.2, 0) is 19.6 Å². The predicted octanol–water partition coefficient (Wildman–Crippen LogP) is 7.85. The Labute approximate surface area is 259 Å². The van der Waals surface area contributed by atoms with Gasteiger partial charge < -0.3 is 10.1 Å². The Morgan fingerprint density at radius 1 is 0.907 bits per heavy atom. The molecule has 0 aliphatic rings. The Kier molecular flexibility index (Phi) is 8.73. The molecule has 1 aromatic heterocycles. The van der Waals surface area contributed by atoms with Crippen molar-refractivity contribution in [3.63, 3.8) is 0 Å². The number of fused-ring (bicyclic) bond motifs is 1. The zero-order valence-electron chi connectivity index (χ0n) is 23.2. The van der Waals surface area contributed by atoms with Crippen molar-refractivity contribution in [3.8, 4) is 0 Å². The van der Waals surface area contributed by atoms with Crippen LogP contribution in [0.4, 0.5) is 5.69 Å². The molecule has 0 unspecified atom stereocenters. The van der Waals surface area contributed by atoms with E-state index in [1.54, 1.807) is 73.7 Å². The van der Waals surface area contributed by atoms with Crippen LogP contribution in [0.5, 0.6) is 0 Å². The molecule has 5 aromatic rings. The molecular weight excluding hydrogens is 607 g/mol. The fourth-order valence-electron chi connectivity index (χ4n) is 4.70. The Morgan fingerprint density at radius 3 is 2.16 bits per heavy atom. The normalized spacial score (nSPS) is 11.9. The van der Waals surface area contributed by atoms with E-state index in [0.29, 0.717) is 11.3 Å². The lowest BCUT2D eigenvalue weighted by atomic mass is 10.00. The summed E-state index contributed by atoms with van der Waals surface area (Å²) < 4.78 is 34.7. The minimum absolute atomic E-state index is 0.0252. The highest BCUT2D eigenvalue weighted by molar-refractivity contribution is 7.90. The van der Waals surface area contributed by atoms with Crippen LogP contribution in [0.25, 0.3) is 22.6 Å². The van der Waals surface area contributed by atoms with E-state index in [0.717, 1.165) is 9.54 Å². The Bertz CT molecular complexity index is 1970. The van der Waals surface area contributed by atoms with Crippen molar-refractivity contribution < 1.29 is 22.7 Å². The van der Waals surface area contributed by atoms with Gasteiger partial charge >= 0.3 is 5.97 Å². The Morgan fingerprint density at radius 2 is 1.53 bits per heavy atom. The summed E-state index contributed by atoms with van der Waals surface area (Å²) >= 11 is 13.1. The number of aromatic nitrogens is 1. The van der Waals surface area contributed by atoms with Crippen LogP contribution in [0.3, 0.4) is 0 Å². The highest BCUT2D eigenvalue weighted by atomic mass is 35.5. The number of hydrogen-bond donors (Lipinski definition) is 1. The van der Waals surface area contributed by atoms with E-state index in [2.05, 4.69) is 5.32 Å². The highest BCUT2D eigenvalue weighted by Gasteiger charge is 2.33.